The number of rotatable bonds is 5. The Hall–Kier alpha value is -2.85. The van der Waals surface area contributed by atoms with Gasteiger partial charge in [-0.3, -0.25) is 9.78 Å². The number of carbonyl (C=O) groups excluding carboxylic acids is 1. The van der Waals surface area contributed by atoms with Gasteiger partial charge in [-0.15, -0.1) is 0 Å². The smallest absolute Gasteiger partial charge is 0.228 e. The van der Waals surface area contributed by atoms with E-state index < -0.39 is 0 Å². The fraction of sp³-hybridized carbons (Fsp3) is 0.143. The normalized spacial score (nSPS) is 18.2. The Morgan fingerprint density at radius 1 is 1.04 bits per heavy atom. The molecule has 4 rings (SSSR count). The Morgan fingerprint density at radius 2 is 1.81 bits per heavy atom. The molecule has 4 nitrogen and oxygen atoms in total. The molecule has 0 bridgehead atoms. The fourth-order valence-electron chi connectivity index (χ4n) is 2.98. The number of halogens is 1. The number of carbonyl (C=O) groups is 1. The van der Waals surface area contributed by atoms with Crippen LogP contribution in [0.1, 0.15) is 17.9 Å². The van der Waals surface area contributed by atoms with E-state index in [2.05, 4.69) is 10.3 Å². The van der Waals surface area contributed by atoms with E-state index in [1.54, 1.807) is 24.5 Å². The quantitative estimate of drug-likeness (QED) is 0.671. The van der Waals surface area contributed by atoms with Crippen LogP contribution in [-0.4, -0.2) is 10.9 Å². The molecule has 2 unspecified atom stereocenters. The third kappa shape index (κ3) is 3.86. The first-order valence-corrected chi connectivity index (χ1v) is 8.81. The number of benzene rings is 2. The van der Waals surface area contributed by atoms with Gasteiger partial charge in [0.1, 0.15) is 11.5 Å². The molecule has 1 heterocycles. The number of ether oxygens (including phenoxy) is 1. The van der Waals surface area contributed by atoms with Gasteiger partial charge >= 0.3 is 0 Å². The number of amides is 1. The Bertz CT molecular complexity index is 913. The number of nitrogens with one attached hydrogen (secondary N) is 1. The maximum Gasteiger partial charge on any atom is 0.228 e. The van der Waals surface area contributed by atoms with Gasteiger partial charge in [0, 0.05) is 35.1 Å². The van der Waals surface area contributed by atoms with Gasteiger partial charge in [-0.1, -0.05) is 29.8 Å². The molecular weight excluding hydrogens is 348 g/mol. The molecule has 1 N–H and O–H groups in total. The van der Waals surface area contributed by atoms with E-state index >= 15 is 0 Å². The number of hydrogen-bond acceptors (Lipinski definition) is 3. The highest BCUT2D eigenvalue weighted by Crippen LogP contribution is 2.48. The minimum atomic E-state index is 0.000878. The molecule has 5 heteroatoms. The topological polar surface area (TPSA) is 51.2 Å². The van der Waals surface area contributed by atoms with Gasteiger partial charge in [0.2, 0.25) is 5.91 Å². The van der Waals surface area contributed by atoms with E-state index in [0.29, 0.717) is 16.5 Å². The maximum absolute atomic E-state index is 12.5. The predicted molar refractivity (Wildman–Crippen MR) is 102 cm³/mol. The van der Waals surface area contributed by atoms with Crippen LogP contribution in [0.3, 0.4) is 0 Å². The van der Waals surface area contributed by atoms with Crippen molar-refractivity contribution in [2.45, 2.75) is 12.3 Å². The van der Waals surface area contributed by atoms with Crippen molar-refractivity contribution in [3.8, 4) is 11.5 Å². The van der Waals surface area contributed by atoms with Crippen LogP contribution in [-0.2, 0) is 4.79 Å². The highest BCUT2D eigenvalue weighted by molar-refractivity contribution is 6.30. The summed E-state index contributed by atoms with van der Waals surface area (Å²) in [6, 6.07) is 18.7. The Labute approximate surface area is 156 Å². The highest BCUT2D eigenvalue weighted by Gasteiger charge is 2.43. The summed E-state index contributed by atoms with van der Waals surface area (Å²) in [6.45, 7) is 0. The summed E-state index contributed by atoms with van der Waals surface area (Å²) in [5, 5.41) is 3.69. The van der Waals surface area contributed by atoms with Crippen LogP contribution < -0.4 is 10.1 Å². The Balaban J connectivity index is 1.39. The van der Waals surface area contributed by atoms with E-state index in [4.69, 9.17) is 16.3 Å². The monoisotopic (exact) mass is 364 g/mol. The summed E-state index contributed by atoms with van der Waals surface area (Å²) >= 11 is 5.92. The summed E-state index contributed by atoms with van der Waals surface area (Å²) in [4.78, 5) is 16.5. The van der Waals surface area contributed by atoms with Crippen LogP contribution in [0, 0.1) is 5.92 Å². The molecule has 3 aromatic rings. The van der Waals surface area contributed by atoms with Crippen molar-refractivity contribution in [1.82, 2.24) is 4.98 Å². The summed E-state index contributed by atoms with van der Waals surface area (Å²) in [5.74, 6) is 1.67. The van der Waals surface area contributed by atoms with Crippen molar-refractivity contribution in [3.63, 3.8) is 0 Å². The average Bonchev–Trinajstić information content (AvgIpc) is 3.44. The van der Waals surface area contributed by atoms with E-state index in [9.17, 15) is 4.79 Å². The lowest BCUT2D eigenvalue weighted by Gasteiger charge is -2.09. The third-order valence-electron chi connectivity index (χ3n) is 4.41. The molecule has 0 radical (unpaired) electrons. The van der Waals surface area contributed by atoms with Gasteiger partial charge in [0.25, 0.3) is 0 Å². The standard InChI is InChI=1S/C21H17ClN2O2/c22-15-6-4-14(5-7-15)19-13-20(19)21(25)24-16-2-1-3-18(12-16)26-17-8-10-23-11-9-17/h1-12,19-20H,13H2,(H,24,25). The second-order valence-electron chi connectivity index (χ2n) is 6.30. The van der Waals surface area contributed by atoms with E-state index in [1.807, 2.05) is 48.5 Å². The molecule has 0 saturated heterocycles. The van der Waals surface area contributed by atoms with Gasteiger partial charge in [0.05, 0.1) is 0 Å². The van der Waals surface area contributed by atoms with Crippen molar-refractivity contribution in [2.24, 2.45) is 5.92 Å². The van der Waals surface area contributed by atoms with Gasteiger partial charge in [-0.05, 0) is 54.3 Å². The lowest BCUT2D eigenvalue weighted by atomic mass is 10.1. The zero-order chi connectivity index (χ0) is 17.9. The molecule has 1 aromatic heterocycles. The highest BCUT2D eigenvalue weighted by atomic mass is 35.5. The molecule has 1 amide bonds. The molecule has 0 aliphatic heterocycles. The SMILES string of the molecule is O=C(Nc1cccc(Oc2ccncc2)c1)C1CC1c1ccc(Cl)cc1. The molecular formula is C21H17ClN2O2. The fourth-order valence-corrected chi connectivity index (χ4v) is 3.10. The molecule has 0 spiro atoms. The summed E-state index contributed by atoms with van der Waals surface area (Å²) < 4.78 is 5.77. The molecule has 130 valence electrons. The molecule has 26 heavy (non-hydrogen) atoms. The zero-order valence-electron chi connectivity index (χ0n) is 13.9. The van der Waals surface area contributed by atoms with E-state index in [1.165, 1.54) is 0 Å². The summed E-state index contributed by atoms with van der Waals surface area (Å²) in [6.07, 6.45) is 4.20. The Morgan fingerprint density at radius 3 is 2.58 bits per heavy atom. The Kier molecular flexibility index (Phi) is 4.59. The van der Waals surface area contributed by atoms with Crippen molar-refractivity contribution in [2.75, 3.05) is 5.32 Å². The predicted octanol–water partition coefficient (Wildman–Crippen LogP) is 5.27. The average molecular weight is 365 g/mol. The van der Waals surface area contributed by atoms with Gasteiger partial charge in [-0.25, -0.2) is 0 Å². The van der Waals surface area contributed by atoms with Crippen molar-refractivity contribution in [1.29, 1.82) is 0 Å². The molecule has 1 aliphatic carbocycles. The van der Waals surface area contributed by atoms with Crippen LogP contribution in [0.5, 0.6) is 11.5 Å². The van der Waals surface area contributed by atoms with Crippen LogP contribution in [0.2, 0.25) is 5.02 Å². The number of hydrogen-bond donors (Lipinski definition) is 1. The van der Waals surface area contributed by atoms with Crippen molar-refractivity contribution in [3.05, 3.63) is 83.6 Å². The number of pyridine rings is 1. The molecule has 1 saturated carbocycles. The van der Waals surface area contributed by atoms with E-state index in [0.717, 1.165) is 17.7 Å². The van der Waals surface area contributed by atoms with Crippen LogP contribution >= 0.6 is 11.6 Å². The first-order valence-electron chi connectivity index (χ1n) is 8.43. The van der Waals surface area contributed by atoms with Crippen LogP contribution in [0.25, 0.3) is 0 Å². The number of aromatic nitrogens is 1. The van der Waals surface area contributed by atoms with Crippen LogP contribution in [0.15, 0.2) is 73.1 Å². The second-order valence-corrected chi connectivity index (χ2v) is 6.74. The van der Waals surface area contributed by atoms with Gasteiger partial charge in [-0.2, -0.15) is 0 Å². The van der Waals surface area contributed by atoms with Crippen molar-refractivity contribution < 1.29 is 9.53 Å². The van der Waals surface area contributed by atoms with Crippen molar-refractivity contribution >= 4 is 23.2 Å². The van der Waals surface area contributed by atoms with E-state index in [-0.39, 0.29) is 17.7 Å². The molecule has 2 atom stereocenters. The van der Waals surface area contributed by atoms with Gasteiger partial charge in [0.15, 0.2) is 0 Å². The summed E-state index contributed by atoms with van der Waals surface area (Å²) in [5.41, 5.74) is 1.88. The minimum absolute atomic E-state index is 0.000878. The first kappa shape index (κ1) is 16.6. The lowest BCUT2D eigenvalue weighted by Crippen LogP contribution is -2.14. The second kappa shape index (κ2) is 7.18. The first-order chi connectivity index (χ1) is 12.7. The van der Waals surface area contributed by atoms with Crippen LogP contribution in [0.4, 0.5) is 5.69 Å². The number of nitrogens with zero attached hydrogens (tertiary/aromatic N) is 1. The molecule has 2 aromatic carbocycles. The molecule has 1 aliphatic rings. The minimum Gasteiger partial charge on any atom is -0.457 e. The molecule has 1 fully saturated rings. The largest absolute Gasteiger partial charge is 0.457 e. The third-order valence-corrected chi connectivity index (χ3v) is 4.66. The lowest BCUT2D eigenvalue weighted by molar-refractivity contribution is -0.117. The maximum atomic E-state index is 12.5. The summed E-state index contributed by atoms with van der Waals surface area (Å²) in [7, 11) is 0. The number of anilines is 1. The zero-order valence-corrected chi connectivity index (χ0v) is 14.7. The van der Waals surface area contributed by atoms with Gasteiger partial charge < -0.3 is 10.1 Å².